The van der Waals surface area contributed by atoms with Crippen molar-refractivity contribution in [2.24, 2.45) is 29.6 Å². The van der Waals surface area contributed by atoms with Crippen LogP contribution in [0.3, 0.4) is 0 Å². The van der Waals surface area contributed by atoms with Crippen molar-refractivity contribution in [3.63, 3.8) is 0 Å². The van der Waals surface area contributed by atoms with Gasteiger partial charge >= 0.3 is 5.97 Å². The maximum atomic E-state index is 13.1. The van der Waals surface area contributed by atoms with Crippen molar-refractivity contribution in [3.8, 4) is 11.5 Å². The number of anilines is 2. The Kier molecular flexibility index (Phi) is 4.98. The summed E-state index contributed by atoms with van der Waals surface area (Å²) < 4.78 is 10.8. The lowest BCUT2D eigenvalue weighted by molar-refractivity contribution is -0.139. The van der Waals surface area contributed by atoms with Crippen LogP contribution in [-0.2, 0) is 19.2 Å². The Hall–Kier alpha value is -3.94. The number of hydrogen-bond acceptors (Lipinski definition) is 6. The van der Waals surface area contributed by atoms with Crippen LogP contribution in [0.15, 0.2) is 60.7 Å². The number of nitrogens with zero attached hydrogens (tertiary/aromatic N) is 2. The van der Waals surface area contributed by atoms with Gasteiger partial charge in [0.2, 0.25) is 17.7 Å². The second-order valence-electron chi connectivity index (χ2n) is 9.54. The first-order chi connectivity index (χ1) is 16.9. The van der Waals surface area contributed by atoms with Crippen LogP contribution >= 0.6 is 0 Å². The van der Waals surface area contributed by atoms with Crippen molar-refractivity contribution in [1.29, 1.82) is 0 Å². The minimum absolute atomic E-state index is 0.0397. The zero-order valence-corrected chi connectivity index (χ0v) is 19.1. The Bertz CT molecular complexity index is 1260. The molecule has 6 rings (SSSR count). The molecule has 3 amide bonds. The van der Waals surface area contributed by atoms with Crippen molar-refractivity contribution in [2.75, 3.05) is 23.5 Å². The number of rotatable bonds is 5. The lowest BCUT2D eigenvalue weighted by Gasteiger charge is -2.18. The Morgan fingerprint density at radius 3 is 2.20 bits per heavy atom. The van der Waals surface area contributed by atoms with Crippen molar-refractivity contribution < 1.29 is 28.7 Å². The van der Waals surface area contributed by atoms with Gasteiger partial charge in [0.1, 0.15) is 11.5 Å². The molecule has 2 heterocycles. The van der Waals surface area contributed by atoms with Crippen LogP contribution < -0.4 is 19.3 Å². The second-order valence-corrected chi connectivity index (χ2v) is 9.54. The van der Waals surface area contributed by atoms with Gasteiger partial charge in [0.05, 0.1) is 30.6 Å². The van der Waals surface area contributed by atoms with Gasteiger partial charge in [-0.2, -0.15) is 0 Å². The normalized spacial score (nSPS) is 28.7. The van der Waals surface area contributed by atoms with Gasteiger partial charge < -0.3 is 14.4 Å². The predicted octanol–water partition coefficient (Wildman–Crippen LogP) is 2.97. The largest absolute Gasteiger partial charge is 0.497 e. The highest BCUT2D eigenvalue weighted by Gasteiger charge is 2.59. The van der Waals surface area contributed by atoms with Crippen molar-refractivity contribution in [2.45, 2.75) is 12.8 Å². The quantitative estimate of drug-likeness (QED) is 0.288. The average Bonchev–Trinajstić information content (AvgIpc) is 3.63. The van der Waals surface area contributed by atoms with E-state index in [-0.39, 0.29) is 60.1 Å². The van der Waals surface area contributed by atoms with E-state index >= 15 is 0 Å². The molecule has 0 radical (unpaired) electrons. The van der Waals surface area contributed by atoms with Crippen LogP contribution in [0, 0.1) is 29.6 Å². The molecule has 0 N–H and O–H groups in total. The Morgan fingerprint density at radius 2 is 1.51 bits per heavy atom. The van der Waals surface area contributed by atoms with E-state index in [1.807, 2.05) is 0 Å². The van der Waals surface area contributed by atoms with Crippen molar-refractivity contribution >= 4 is 35.1 Å². The van der Waals surface area contributed by atoms with Crippen LogP contribution in [0.5, 0.6) is 11.5 Å². The van der Waals surface area contributed by atoms with Crippen molar-refractivity contribution in [1.82, 2.24) is 0 Å². The number of ether oxygens (including phenoxy) is 2. The topological polar surface area (TPSA) is 93.2 Å². The minimum Gasteiger partial charge on any atom is -0.497 e. The highest BCUT2D eigenvalue weighted by Crippen LogP contribution is 2.53. The Labute approximate surface area is 202 Å². The maximum Gasteiger partial charge on any atom is 0.316 e. The number of fused-ring (bicyclic) bond motifs is 5. The number of carbonyl (C=O) groups is 4. The van der Waals surface area contributed by atoms with E-state index in [1.54, 1.807) is 60.5 Å². The monoisotopic (exact) mass is 472 g/mol. The SMILES string of the molecule is COc1cccc(N2C[C@H](C(=O)Oc3cccc(N4C(=O)[C@@H]5[C@H](C4=O)[C@H]4C=C[C@H]5C4)c3)CC2=O)c1. The first-order valence-corrected chi connectivity index (χ1v) is 11.8. The van der Waals surface area contributed by atoms with E-state index in [0.717, 1.165) is 6.42 Å². The first-order valence-electron chi connectivity index (χ1n) is 11.8. The first kappa shape index (κ1) is 21.6. The highest BCUT2D eigenvalue weighted by atomic mass is 16.5. The summed E-state index contributed by atoms with van der Waals surface area (Å²) in [6.45, 7) is 0.201. The lowest BCUT2D eigenvalue weighted by atomic mass is 9.85. The molecule has 0 spiro atoms. The summed E-state index contributed by atoms with van der Waals surface area (Å²) in [7, 11) is 1.55. The zero-order chi connectivity index (χ0) is 24.3. The van der Waals surface area contributed by atoms with E-state index in [4.69, 9.17) is 9.47 Å². The molecule has 2 aliphatic heterocycles. The van der Waals surface area contributed by atoms with Gasteiger partial charge in [-0.15, -0.1) is 0 Å². The average molecular weight is 472 g/mol. The Morgan fingerprint density at radius 1 is 0.886 bits per heavy atom. The molecule has 0 unspecified atom stereocenters. The molecule has 8 heteroatoms. The maximum absolute atomic E-state index is 13.1. The number of benzene rings is 2. The smallest absolute Gasteiger partial charge is 0.316 e. The summed E-state index contributed by atoms with van der Waals surface area (Å²) in [5.41, 5.74) is 1.06. The summed E-state index contributed by atoms with van der Waals surface area (Å²) >= 11 is 0. The summed E-state index contributed by atoms with van der Waals surface area (Å²) in [6.07, 6.45) is 5.01. The van der Waals surface area contributed by atoms with Gasteiger partial charge in [-0.25, -0.2) is 4.90 Å². The fourth-order valence-electron chi connectivity index (χ4n) is 5.94. The van der Waals surface area contributed by atoms with Crippen LogP contribution in [0.2, 0.25) is 0 Å². The van der Waals surface area contributed by atoms with E-state index in [0.29, 0.717) is 17.1 Å². The predicted molar refractivity (Wildman–Crippen MR) is 126 cm³/mol. The molecule has 3 fully saturated rings. The van der Waals surface area contributed by atoms with Crippen LogP contribution in [0.4, 0.5) is 11.4 Å². The summed E-state index contributed by atoms with van der Waals surface area (Å²) in [4.78, 5) is 54.5. The van der Waals surface area contributed by atoms with E-state index in [9.17, 15) is 19.2 Å². The number of allylic oxidation sites excluding steroid dienone is 2. The molecule has 1 saturated carbocycles. The molecule has 2 saturated heterocycles. The molecule has 178 valence electrons. The summed E-state index contributed by atoms with van der Waals surface area (Å²) in [6, 6.07) is 13.6. The number of hydrogen-bond donors (Lipinski definition) is 0. The van der Waals surface area contributed by atoms with E-state index < -0.39 is 11.9 Å². The van der Waals surface area contributed by atoms with Crippen LogP contribution in [-0.4, -0.2) is 37.3 Å². The third kappa shape index (κ3) is 3.43. The third-order valence-corrected chi connectivity index (χ3v) is 7.59. The van der Waals surface area contributed by atoms with Gasteiger partial charge in [0.15, 0.2) is 0 Å². The molecule has 2 bridgehead atoms. The van der Waals surface area contributed by atoms with Gasteiger partial charge in [-0.3, -0.25) is 19.2 Å². The van der Waals surface area contributed by atoms with Crippen LogP contribution in [0.1, 0.15) is 12.8 Å². The number of amides is 3. The highest BCUT2D eigenvalue weighted by molar-refractivity contribution is 6.22. The molecule has 2 aliphatic carbocycles. The molecule has 4 aliphatic rings. The fraction of sp³-hybridized carbons (Fsp3) is 0.333. The van der Waals surface area contributed by atoms with Crippen molar-refractivity contribution in [3.05, 3.63) is 60.7 Å². The fourth-order valence-corrected chi connectivity index (χ4v) is 5.94. The zero-order valence-electron chi connectivity index (χ0n) is 19.1. The summed E-state index contributed by atoms with van der Waals surface area (Å²) in [5.74, 6) is -1.18. The molecule has 8 nitrogen and oxygen atoms in total. The molecule has 2 aromatic carbocycles. The molecule has 0 aromatic heterocycles. The molecule has 2 aromatic rings. The number of esters is 1. The molecular formula is C27H24N2O6. The van der Waals surface area contributed by atoms with Gasteiger partial charge in [-0.05, 0) is 42.5 Å². The Balaban J connectivity index is 1.16. The third-order valence-electron chi connectivity index (χ3n) is 7.59. The molecular weight excluding hydrogens is 448 g/mol. The van der Waals surface area contributed by atoms with Gasteiger partial charge in [0.25, 0.3) is 0 Å². The van der Waals surface area contributed by atoms with E-state index in [2.05, 4.69) is 12.2 Å². The van der Waals surface area contributed by atoms with Gasteiger partial charge in [0, 0.05) is 30.8 Å². The molecule has 35 heavy (non-hydrogen) atoms. The number of imide groups is 1. The minimum atomic E-state index is -0.631. The van der Waals surface area contributed by atoms with E-state index in [1.165, 1.54) is 4.90 Å². The summed E-state index contributed by atoms with van der Waals surface area (Å²) in [5, 5.41) is 0. The standard InChI is InChI=1S/C27H24N2O6/c1-34-20-6-2-4-18(12-20)28-14-17(11-22(28)30)27(33)35-21-7-3-5-19(13-21)29-25(31)23-15-8-9-16(10-15)24(23)26(29)32/h2-9,12-13,15-17,23-24H,10-11,14H2,1H3/t15-,16-,17+,23-,24+/m0/s1. The number of carbonyl (C=O) groups excluding carboxylic acids is 4. The second kappa shape index (κ2) is 8.08. The lowest BCUT2D eigenvalue weighted by Crippen LogP contribution is -2.32. The van der Waals surface area contributed by atoms with Crippen LogP contribution in [0.25, 0.3) is 0 Å². The number of methoxy groups -OCH3 is 1. The van der Waals surface area contributed by atoms with Gasteiger partial charge in [-0.1, -0.05) is 24.3 Å². The molecule has 5 atom stereocenters.